The number of anilines is 1. The minimum Gasteiger partial charge on any atom is -0.384 e. The zero-order valence-electron chi connectivity index (χ0n) is 16.4. The van der Waals surface area contributed by atoms with E-state index in [1.54, 1.807) is 21.0 Å². The van der Waals surface area contributed by atoms with Crippen molar-refractivity contribution in [3.63, 3.8) is 0 Å². The maximum atomic E-state index is 12.8. The smallest absolute Gasteiger partial charge is 0.332 e. The number of nitrogens with zero attached hydrogens (tertiary/aromatic N) is 4. The molecule has 148 valence electrons. The molecule has 0 aliphatic carbocycles. The molecule has 1 N–H and O–H groups in total. The van der Waals surface area contributed by atoms with Crippen molar-refractivity contribution in [2.75, 3.05) is 44.7 Å². The number of ether oxygens (including phenoxy) is 1. The van der Waals surface area contributed by atoms with Crippen LogP contribution in [0.4, 0.5) is 5.69 Å². The quantitative estimate of drug-likeness (QED) is 0.699. The summed E-state index contributed by atoms with van der Waals surface area (Å²) in [6.45, 7) is 6.64. The molecule has 1 aliphatic rings. The van der Waals surface area contributed by atoms with Gasteiger partial charge in [-0.1, -0.05) is 0 Å². The standard InChI is InChI=1S/C18H27N5O4/c1-12-14(19-6-5-7-23-8-10-27-11-9-23)13-15(20(2)16(12)24)21(3)18(26)22(4)17(13)25/h19H,5-11H2,1-4H3. The molecule has 1 aliphatic heterocycles. The van der Waals surface area contributed by atoms with E-state index in [2.05, 4.69) is 10.2 Å². The van der Waals surface area contributed by atoms with Gasteiger partial charge in [-0.3, -0.25) is 28.2 Å². The van der Waals surface area contributed by atoms with Crippen molar-refractivity contribution in [3.05, 3.63) is 36.8 Å². The van der Waals surface area contributed by atoms with E-state index in [1.165, 1.54) is 16.2 Å². The molecule has 27 heavy (non-hydrogen) atoms. The van der Waals surface area contributed by atoms with Gasteiger partial charge in [0.05, 0.1) is 18.9 Å². The lowest BCUT2D eigenvalue weighted by molar-refractivity contribution is 0.0378. The van der Waals surface area contributed by atoms with Crippen LogP contribution in [0.1, 0.15) is 12.0 Å². The summed E-state index contributed by atoms with van der Waals surface area (Å²) >= 11 is 0. The predicted molar refractivity (Wildman–Crippen MR) is 105 cm³/mol. The topological polar surface area (TPSA) is 90.5 Å². The van der Waals surface area contributed by atoms with Crippen molar-refractivity contribution in [1.29, 1.82) is 0 Å². The number of nitrogens with one attached hydrogen (secondary N) is 1. The first-order chi connectivity index (χ1) is 12.8. The van der Waals surface area contributed by atoms with E-state index in [0.717, 1.165) is 43.8 Å². The Morgan fingerprint density at radius 2 is 1.63 bits per heavy atom. The van der Waals surface area contributed by atoms with Crippen molar-refractivity contribution in [1.82, 2.24) is 18.6 Å². The molecule has 0 radical (unpaired) electrons. The van der Waals surface area contributed by atoms with Crippen LogP contribution in [0.15, 0.2) is 14.4 Å². The minimum absolute atomic E-state index is 0.221. The molecule has 9 heteroatoms. The highest BCUT2D eigenvalue weighted by Crippen LogP contribution is 2.20. The molecule has 0 saturated carbocycles. The number of aryl methyl sites for hydroxylation is 2. The Morgan fingerprint density at radius 3 is 2.30 bits per heavy atom. The first-order valence-corrected chi connectivity index (χ1v) is 9.18. The summed E-state index contributed by atoms with van der Waals surface area (Å²) in [4.78, 5) is 40.0. The maximum Gasteiger partial charge on any atom is 0.332 e. The summed E-state index contributed by atoms with van der Waals surface area (Å²) in [6.07, 6.45) is 0.877. The Kier molecular flexibility index (Phi) is 5.52. The van der Waals surface area contributed by atoms with E-state index in [9.17, 15) is 14.4 Å². The highest BCUT2D eigenvalue weighted by molar-refractivity contribution is 5.90. The van der Waals surface area contributed by atoms with Gasteiger partial charge in [-0.2, -0.15) is 0 Å². The van der Waals surface area contributed by atoms with E-state index in [0.29, 0.717) is 28.8 Å². The van der Waals surface area contributed by atoms with Crippen LogP contribution in [0, 0.1) is 6.92 Å². The Balaban J connectivity index is 1.96. The molecule has 1 fully saturated rings. The average molecular weight is 377 g/mol. The molecule has 0 amide bonds. The van der Waals surface area contributed by atoms with Crippen LogP contribution >= 0.6 is 0 Å². The zero-order valence-corrected chi connectivity index (χ0v) is 16.4. The Morgan fingerprint density at radius 1 is 0.963 bits per heavy atom. The summed E-state index contributed by atoms with van der Waals surface area (Å²) < 4.78 is 9.14. The number of pyridine rings is 1. The van der Waals surface area contributed by atoms with Gasteiger partial charge in [0.15, 0.2) is 0 Å². The third kappa shape index (κ3) is 3.44. The third-order valence-corrected chi connectivity index (χ3v) is 5.26. The lowest BCUT2D eigenvalue weighted by atomic mass is 10.1. The largest absolute Gasteiger partial charge is 0.384 e. The fraction of sp³-hybridized carbons (Fsp3) is 0.611. The predicted octanol–water partition coefficient (Wildman–Crippen LogP) is -0.621. The average Bonchev–Trinajstić information content (AvgIpc) is 2.68. The molecule has 2 aromatic heterocycles. The molecule has 0 unspecified atom stereocenters. The highest BCUT2D eigenvalue weighted by atomic mass is 16.5. The number of fused-ring (bicyclic) bond motifs is 1. The van der Waals surface area contributed by atoms with Gasteiger partial charge in [0.25, 0.3) is 11.1 Å². The van der Waals surface area contributed by atoms with Crippen LogP contribution < -0.4 is 22.1 Å². The number of hydrogen-bond acceptors (Lipinski definition) is 6. The molecule has 1 saturated heterocycles. The van der Waals surface area contributed by atoms with E-state index < -0.39 is 11.2 Å². The van der Waals surface area contributed by atoms with Crippen molar-refractivity contribution in [3.8, 4) is 0 Å². The van der Waals surface area contributed by atoms with Crippen LogP contribution in [0.2, 0.25) is 0 Å². The van der Waals surface area contributed by atoms with Crippen LogP contribution in [-0.2, 0) is 25.9 Å². The van der Waals surface area contributed by atoms with E-state index in [4.69, 9.17) is 4.74 Å². The lowest BCUT2D eigenvalue weighted by Crippen LogP contribution is -2.40. The number of morpholine rings is 1. The maximum absolute atomic E-state index is 12.8. The number of hydrogen-bond donors (Lipinski definition) is 1. The van der Waals surface area contributed by atoms with Crippen molar-refractivity contribution < 1.29 is 4.74 Å². The summed E-state index contributed by atoms with van der Waals surface area (Å²) in [7, 11) is 4.60. The van der Waals surface area contributed by atoms with Gasteiger partial charge < -0.3 is 10.1 Å². The monoisotopic (exact) mass is 377 g/mol. The van der Waals surface area contributed by atoms with Crippen LogP contribution in [0.25, 0.3) is 11.0 Å². The van der Waals surface area contributed by atoms with Crippen LogP contribution in [0.3, 0.4) is 0 Å². The van der Waals surface area contributed by atoms with E-state index in [-0.39, 0.29) is 5.56 Å². The molecule has 0 bridgehead atoms. The fourth-order valence-corrected chi connectivity index (χ4v) is 3.65. The van der Waals surface area contributed by atoms with Crippen molar-refractivity contribution >= 4 is 16.7 Å². The third-order valence-electron chi connectivity index (χ3n) is 5.26. The Labute approximate surface area is 156 Å². The molecule has 0 atom stereocenters. The molecule has 3 rings (SSSR count). The van der Waals surface area contributed by atoms with Gasteiger partial charge in [0.1, 0.15) is 11.0 Å². The van der Waals surface area contributed by atoms with Crippen LogP contribution in [-0.4, -0.2) is 58.0 Å². The van der Waals surface area contributed by atoms with Crippen molar-refractivity contribution in [2.45, 2.75) is 13.3 Å². The minimum atomic E-state index is -0.454. The Bertz CT molecular complexity index is 1020. The fourth-order valence-electron chi connectivity index (χ4n) is 3.65. The van der Waals surface area contributed by atoms with E-state index >= 15 is 0 Å². The van der Waals surface area contributed by atoms with E-state index in [1.807, 2.05) is 0 Å². The SMILES string of the molecule is Cc1c(NCCCN2CCOCC2)c2c(=O)n(C)c(=O)n(C)c2n(C)c1=O. The van der Waals surface area contributed by atoms with Crippen molar-refractivity contribution in [2.24, 2.45) is 21.1 Å². The molecule has 3 heterocycles. The molecule has 0 spiro atoms. The summed E-state index contributed by atoms with van der Waals surface area (Å²) in [5, 5.41) is 3.64. The normalized spacial score (nSPS) is 15.4. The second-order valence-electron chi connectivity index (χ2n) is 7.00. The molecular weight excluding hydrogens is 350 g/mol. The van der Waals surface area contributed by atoms with Gasteiger partial charge in [0, 0.05) is 46.3 Å². The Hall–Kier alpha value is -2.39. The van der Waals surface area contributed by atoms with Gasteiger partial charge in [-0.25, -0.2) is 4.79 Å². The first-order valence-electron chi connectivity index (χ1n) is 9.18. The zero-order chi connectivity index (χ0) is 19.7. The van der Waals surface area contributed by atoms with Gasteiger partial charge >= 0.3 is 5.69 Å². The second-order valence-corrected chi connectivity index (χ2v) is 7.00. The van der Waals surface area contributed by atoms with Gasteiger partial charge in [-0.15, -0.1) is 0 Å². The molecular formula is C18H27N5O4. The molecule has 9 nitrogen and oxygen atoms in total. The molecule has 0 aromatic carbocycles. The lowest BCUT2D eigenvalue weighted by Gasteiger charge is -2.26. The second kappa shape index (κ2) is 7.69. The summed E-state index contributed by atoms with van der Waals surface area (Å²) in [5.74, 6) is 0. The van der Waals surface area contributed by atoms with Gasteiger partial charge in [0.2, 0.25) is 0 Å². The number of aromatic nitrogens is 3. The first kappa shape index (κ1) is 19.4. The number of rotatable bonds is 5. The summed E-state index contributed by atoms with van der Waals surface area (Å²) in [6, 6.07) is 0. The molecule has 2 aromatic rings. The highest BCUT2D eigenvalue weighted by Gasteiger charge is 2.19. The van der Waals surface area contributed by atoms with Gasteiger partial charge in [-0.05, 0) is 19.9 Å². The van der Waals surface area contributed by atoms with Crippen LogP contribution in [0.5, 0.6) is 0 Å². The summed E-state index contributed by atoms with van der Waals surface area (Å²) in [5.41, 5.74) is 0.251.